The molecule has 0 fully saturated rings. The first kappa shape index (κ1) is 15.1. The Hall–Kier alpha value is -1.81. The van der Waals surface area contributed by atoms with Crippen LogP contribution in [0, 0.1) is 0 Å². The van der Waals surface area contributed by atoms with E-state index in [-0.39, 0.29) is 11.5 Å². The third kappa shape index (κ3) is 3.02. The first-order chi connectivity index (χ1) is 10.5. The van der Waals surface area contributed by atoms with Crippen LogP contribution in [0.15, 0.2) is 53.1 Å². The Balaban J connectivity index is 2.02. The summed E-state index contributed by atoms with van der Waals surface area (Å²) in [6.45, 7) is 0. The minimum absolute atomic E-state index is 0.105. The van der Waals surface area contributed by atoms with E-state index in [0.29, 0.717) is 32.1 Å². The Morgan fingerprint density at radius 1 is 0.909 bits per heavy atom. The van der Waals surface area contributed by atoms with Crippen LogP contribution in [0.3, 0.4) is 0 Å². The van der Waals surface area contributed by atoms with E-state index in [2.05, 4.69) is 0 Å². The summed E-state index contributed by atoms with van der Waals surface area (Å²) in [7, 11) is 0. The van der Waals surface area contributed by atoms with Gasteiger partial charge in [-0.1, -0.05) is 34.8 Å². The predicted molar refractivity (Wildman–Crippen MR) is 87.4 cm³/mol. The molecule has 0 bridgehead atoms. The number of aromatic hydroxyl groups is 1. The van der Waals surface area contributed by atoms with Crippen LogP contribution in [-0.2, 0) is 0 Å². The van der Waals surface area contributed by atoms with Crippen LogP contribution in [0.5, 0.6) is 17.2 Å². The lowest BCUT2D eigenvalue weighted by Crippen LogP contribution is -1.88. The lowest BCUT2D eigenvalue weighted by atomic mass is 10.1. The molecule has 1 N–H and O–H groups in total. The van der Waals surface area contributed by atoms with Gasteiger partial charge in [-0.25, -0.2) is 0 Å². The molecule has 2 aromatic carbocycles. The van der Waals surface area contributed by atoms with Crippen LogP contribution in [0.25, 0.3) is 11.3 Å². The Morgan fingerprint density at radius 3 is 2.41 bits per heavy atom. The van der Waals surface area contributed by atoms with Gasteiger partial charge in [-0.2, -0.15) is 0 Å². The van der Waals surface area contributed by atoms with Gasteiger partial charge in [0.05, 0.1) is 16.3 Å². The predicted octanol–water partition coefficient (Wildman–Crippen LogP) is 6.40. The molecule has 1 aromatic heterocycles. The van der Waals surface area contributed by atoms with Gasteiger partial charge in [0.2, 0.25) is 0 Å². The summed E-state index contributed by atoms with van der Waals surface area (Å²) in [6.07, 6.45) is 1.54. The molecule has 0 spiro atoms. The Kier molecular flexibility index (Phi) is 4.21. The average Bonchev–Trinajstić information content (AvgIpc) is 2.98. The van der Waals surface area contributed by atoms with Crippen LogP contribution in [0.1, 0.15) is 0 Å². The van der Waals surface area contributed by atoms with Gasteiger partial charge in [0.25, 0.3) is 0 Å². The Morgan fingerprint density at radius 2 is 1.73 bits per heavy atom. The number of phenols is 1. The molecule has 0 saturated carbocycles. The van der Waals surface area contributed by atoms with Crippen molar-refractivity contribution in [2.75, 3.05) is 0 Å². The van der Waals surface area contributed by atoms with E-state index in [1.165, 1.54) is 12.3 Å². The average molecular weight is 356 g/mol. The summed E-state index contributed by atoms with van der Waals surface area (Å²) in [5.74, 6) is 1.04. The van der Waals surface area contributed by atoms with Crippen molar-refractivity contribution in [1.29, 1.82) is 0 Å². The van der Waals surface area contributed by atoms with Crippen LogP contribution < -0.4 is 4.74 Å². The van der Waals surface area contributed by atoms with Crippen LogP contribution >= 0.6 is 34.8 Å². The van der Waals surface area contributed by atoms with Gasteiger partial charge < -0.3 is 14.3 Å². The zero-order valence-electron chi connectivity index (χ0n) is 11.0. The first-order valence-corrected chi connectivity index (χ1v) is 7.37. The van der Waals surface area contributed by atoms with Crippen molar-refractivity contribution in [1.82, 2.24) is 0 Å². The largest absolute Gasteiger partial charge is 0.504 e. The van der Waals surface area contributed by atoms with Gasteiger partial charge in [-0.05, 0) is 36.4 Å². The molecule has 112 valence electrons. The summed E-state index contributed by atoms with van der Waals surface area (Å²) in [5, 5.41) is 11.2. The second kappa shape index (κ2) is 6.13. The van der Waals surface area contributed by atoms with Crippen molar-refractivity contribution < 1.29 is 14.3 Å². The highest BCUT2D eigenvalue weighted by molar-refractivity contribution is 6.35. The van der Waals surface area contributed by atoms with Crippen molar-refractivity contribution in [3.8, 4) is 28.6 Å². The number of phenolic OH excluding ortho intramolecular Hbond substituents is 1. The molecule has 1 heterocycles. The fourth-order valence-corrected chi connectivity index (χ4v) is 2.62. The molecule has 3 nitrogen and oxygen atoms in total. The molecule has 0 aliphatic heterocycles. The van der Waals surface area contributed by atoms with E-state index in [0.717, 1.165) is 0 Å². The molecule has 0 aliphatic rings. The lowest BCUT2D eigenvalue weighted by molar-refractivity contribution is 0.411. The first-order valence-electron chi connectivity index (χ1n) is 6.24. The summed E-state index contributed by atoms with van der Waals surface area (Å²) in [5.41, 5.74) is 0.601. The highest BCUT2D eigenvalue weighted by Crippen LogP contribution is 2.41. The minimum atomic E-state index is -0.105. The number of halogens is 3. The molecule has 3 aromatic rings. The molecule has 3 rings (SSSR count). The number of rotatable bonds is 3. The zero-order valence-corrected chi connectivity index (χ0v) is 13.3. The highest BCUT2D eigenvalue weighted by Gasteiger charge is 2.14. The molecule has 0 amide bonds. The van der Waals surface area contributed by atoms with Crippen molar-refractivity contribution in [3.05, 3.63) is 63.8 Å². The zero-order chi connectivity index (χ0) is 15.7. The summed E-state index contributed by atoms with van der Waals surface area (Å²) in [4.78, 5) is 0. The molecule has 0 radical (unpaired) electrons. The molecular weight excluding hydrogens is 347 g/mol. The smallest absolute Gasteiger partial charge is 0.169 e. The second-order valence-corrected chi connectivity index (χ2v) is 5.70. The van der Waals surface area contributed by atoms with Gasteiger partial charge in [-0.3, -0.25) is 0 Å². The number of benzene rings is 2. The standard InChI is InChI=1S/C16H9Cl3O3/c17-9-3-4-15(12(19)6-9)22-16-7-10(11(18)8-13(16)20)14-2-1-5-21-14/h1-8,20H. The maximum Gasteiger partial charge on any atom is 0.169 e. The Labute approximate surface area is 141 Å². The summed E-state index contributed by atoms with van der Waals surface area (Å²) < 4.78 is 11.0. The van der Waals surface area contributed by atoms with Crippen molar-refractivity contribution in [2.24, 2.45) is 0 Å². The second-order valence-electron chi connectivity index (χ2n) is 4.45. The number of hydrogen-bond acceptors (Lipinski definition) is 3. The molecule has 0 saturated heterocycles. The van der Waals surface area contributed by atoms with Gasteiger partial charge in [0.15, 0.2) is 11.5 Å². The normalized spacial score (nSPS) is 10.7. The maximum atomic E-state index is 10.0. The number of hydrogen-bond donors (Lipinski definition) is 1. The van der Waals surface area contributed by atoms with Crippen molar-refractivity contribution in [3.63, 3.8) is 0 Å². The van der Waals surface area contributed by atoms with Gasteiger partial charge in [0, 0.05) is 16.7 Å². The number of ether oxygens (including phenoxy) is 1. The Bertz CT molecular complexity index is 814. The lowest BCUT2D eigenvalue weighted by Gasteiger charge is -2.11. The molecule has 22 heavy (non-hydrogen) atoms. The van der Waals surface area contributed by atoms with Crippen molar-refractivity contribution in [2.45, 2.75) is 0 Å². The molecular formula is C16H9Cl3O3. The van der Waals surface area contributed by atoms with Gasteiger partial charge >= 0.3 is 0 Å². The van der Waals surface area contributed by atoms with Gasteiger partial charge in [-0.15, -0.1) is 0 Å². The van der Waals surface area contributed by atoms with E-state index in [1.54, 1.807) is 36.4 Å². The van der Waals surface area contributed by atoms with Crippen LogP contribution in [0.2, 0.25) is 15.1 Å². The number of furan rings is 1. The van der Waals surface area contributed by atoms with Crippen LogP contribution in [-0.4, -0.2) is 5.11 Å². The van der Waals surface area contributed by atoms with E-state index in [9.17, 15) is 5.11 Å². The van der Waals surface area contributed by atoms with Crippen molar-refractivity contribution >= 4 is 34.8 Å². The van der Waals surface area contributed by atoms with E-state index < -0.39 is 0 Å². The monoisotopic (exact) mass is 354 g/mol. The van der Waals surface area contributed by atoms with Gasteiger partial charge in [0.1, 0.15) is 11.5 Å². The fraction of sp³-hybridized carbons (Fsp3) is 0. The molecule has 0 aliphatic carbocycles. The topological polar surface area (TPSA) is 42.6 Å². The minimum Gasteiger partial charge on any atom is -0.504 e. The maximum absolute atomic E-state index is 10.0. The van der Waals surface area contributed by atoms with E-state index >= 15 is 0 Å². The van der Waals surface area contributed by atoms with E-state index in [1.807, 2.05) is 0 Å². The quantitative estimate of drug-likeness (QED) is 0.590. The van der Waals surface area contributed by atoms with Crippen LogP contribution in [0.4, 0.5) is 0 Å². The summed E-state index contributed by atoms with van der Waals surface area (Å²) >= 11 is 18.0. The third-order valence-electron chi connectivity index (χ3n) is 2.95. The molecule has 0 atom stereocenters. The third-order valence-corrected chi connectivity index (χ3v) is 3.79. The summed E-state index contributed by atoms with van der Waals surface area (Å²) in [6, 6.07) is 11.3. The van der Waals surface area contributed by atoms with E-state index in [4.69, 9.17) is 44.0 Å². The highest BCUT2D eigenvalue weighted by atomic mass is 35.5. The fourth-order valence-electron chi connectivity index (χ4n) is 1.92. The SMILES string of the molecule is Oc1cc(Cl)c(-c2ccco2)cc1Oc1ccc(Cl)cc1Cl. The molecule has 6 heteroatoms. The molecule has 0 unspecified atom stereocenters.